The van der Waals surface area contributed by atoms with Gasteiger partial charge in [-0.15, -0.1) is 0 Å². The number of benzene rings is 1. The second-order valence-electron chi connectivity index (χ2n) is 4.89. The Balaban J connectivity index is 1.95. The van der Waals surface area contributed by atoms with Gasteiger partial charge >= 0.3 is 0 Å². The maximum absolute atomic E-state index is 5.88. The van der Waals surface area contributed by atoms with Crippen LogP contribution in [-0.4, -0.2) is 18.1 Å². The molecule has 0 saturated carbocycles. The first-order valence-corrected chi connectivity index (χ1v) is 6.39. The van der Waals surface area contributed by atoms with E-state index in [4.69, 9.17) is 5.73 Å². The molecular formula is C14H19N3. The molecule has 1 saturated heterocycles. The molecule has 2 aromatic rings. The van der Waals surface area contributed by atoms with E-state index in [0.717, 1.165) is 13.1 Å². The zero-order valence-electron chi connectivity index (χ0n) is 9.95. The van der Waals surface area contributed by atoms with Crippen LogP contribution < -0.4 is 11.1 Å². The van der Waals surface area contributed by atoms with Crippen LogP contribution in [0.2, 0.25) is 0 Å². The van der Waals surface area contributed by atoms with E-state index >= 15 is 0 Å². The van der Waals surface area contributed by atoms with Gasteiger partial charge in [-0.3, -0.25) is 0 Å². The van der Waals surface area contributed by atoms with Gasteiger partial charge in [0.25, 0.3) is 0 Å². The number of fused-ring (bicyclic) bond motifs is 1. The summed E-state index contributed by atoms with van der Waals surface area (Å²) in [5.74, 6) is 0.570. The Morgan fingerprint density at radius 2 is 2.24 bits per heavy atom. The number of aromatic nitrogens is 1. The molecule has 0 aliphatic carbocycles. The number of rotatable bonds is 2. The zero-order valence-corrected chi connectivity index (χ0v) is 9.95. The minimum absolute atomic E-state index is 0.424. The minimum atomic E-state index is 0.424. The molecule has 3 heteroatoms. The van der Waals surface area contributed by atoms with Crippen molar-refractivity contribution in [2.75, 3.05) is 13.1 Å². The van der Waals surface area contributed by atoms with Crippen molar-refractivity contribution in [3.63, 3.8) is 0 Å². The van der Waals surface area contributed by atoms with Crippen LogP contribution in [0, 0.1) is 5.92 Å². The molecule has 0 amide bonds. The third kappa shape index (κ3) is 1.96. The molecule has 0 unspecified atom stereocenters. The van der Waals surface area contributed by atoms with Crippen LogP contribution in [-0.2, 0) is 0 Å². The van der Waals surface area contributed by atoms with Gasteiger partial charge in [0, 0.05) is 17.8 Å². The van der Waals surface area contributed by atoms with Gasteiger partial charge in [0.1, 0.15) is 0 Å². The molecule has 1 aliphatic heterocycles. The Hall–Kier alpha value is -1.32. The number of aromatic amines is 1. The Morgan fingerprint density at radius 1 is 1.29 bits per heavy atom. The molecule has 90 valence electrons. The van der Waals surface area contributed by atoms with Crippen LogP contribution >= 0.6 is 0 Å². The van der Waals surface area contributed by atoms with Crippen LogP contribution in [0.15, 0.2) is 30.5 Å². The highest BCUT2D eigenvalue weighted by Crippen LogP contribution is 2.30. The van der Waals surface area contributed by atoms with Gasteiger partial charge in [0.05, 0.1) is 0 Å². The number of hydrogen-bond donors (Lipinski definition) is 3. The average molecular weight is 229 g/mol. The molecule has 0 bridgehead atoms. The summed E-state index contributed by atoms with van der Waals surface area (Å²) in [4.78, 5) is 3.23. The van der Waals surface area contributed by atoms with Gasteiger partial charge in [0.2, 0.25) is 0 Å². The van der Waals surface area contributed by atoms with Gasteiger partial charge < -0.3 is 16.0 Å². The van der Waals surface area contributed by atoms with E-state index in [0.29, 0.717) is 12.0 Å². The topological polar surface area (TPSA) is 53.8 Å². The molecule has 17 heavy (non-hydrogen) atoms. The summed E-state index contributed by atoms with van der Waals surface area (Å²) >= 11 is 0. The summed E-state index contributed by atoms with van der Waals surface area (Å²) in [6.07, 6.45) is 4.47. The van der Waals surface area contributed by atoms with E-state index < -0.39 is 0 Å². The van der Waals surface area contributed by atoms with Gasteiger partial charge in [-0.05, 0) is 61.0 Å². The summed E-state index contributed by atoms with van der Waals surface area (Å²) in [6, 6.07) is 9.20. The predicted molar refractivity (Wildman–Crippen MR) is 70.8 cm³/mol. The molecule has 1 fully saturated rings. The normalized spacial score (nSPS) is 25.2. The van der Waals surface area contributed by atoms with Gasteiger partial charge in [-0.25, -0.2) is 0 Å². The number of nitrogens with two attached hydrogens (primary N) is 1. The van der Waals surface area contributed by atoms with Crippen LogP contribution in [0.1, 0.15) is 24.4 Å². The van der Waals surface area contributed by atoms with Crippen molar-refractivity contribution in [1.82, 2.24) is 10.3 Å². The molecule has 1 aromatic carbocycles. The number of hydrogen-bond acceptors (Lipinski definition) is 2. The largest absolute Gasteiger partial charge is 0.361 e. The molecule has 3 rings (SSSR count). The predicted octanol–water partition coefficient (Wildman–Crippen LogP) is 2.17. The van der Waals surface area contributed by atoms with Gasteiger partial charge in [0.15, 0.2) is 0 Å². The number of piperidine rings is 1. The van der Waals surface area contributed by atoms with E-state index in [1.165, 1.54) is 29.3 Å². The van der Waals surface area contributed by atoms with E-state index in [-0.39, 0.29) is 0 Å². The fourth-order valence-electron chi connectivity index (χ4n) is 2.86. The Bertz CT molecular complexity index is 503. The number of H-pyrrole nitrogens is 1. The first-order valence-electron chi connectivity index (χ1n) is 6.39. The van der Waals surface area contributed by atoms with E-state index in [9.17, 15) is 0 Å². The lowest BCUT2D eigenvalue weighted by Gasteiger charge is -2.32. The van der Waals surface area contributed by atoms with Crippen molar-refractivity contribution in [1.29, 1.82) is 0 Å². The molecule has 1 aliphatic rings. The zero-order chi connectivity index (χ0) is 11.7. The van der Waals surface area contributed by atoms with Crippen LogP contribution in [0.4, 0.5) is 0 Å². The van der Waals surface area contributed by atoms with Gasteiger partial charge in [-0.1, -0.05) is 6.07 Å². The molecule has 0 radical (unpaired) electrons. The van der Waals surface area contributed by atoms with Crippen molar-refractivity contribution < 1.29 is 0 Å². The molecule has 2 atom stereocenters. The van der Waals surface area contributed by atoms with Crippen molar-refractivity contribution in [3.05, 3.63) is 36.0 Å². The van der Waals surface area contributed by atoms with Crippen molar-refractivity contribution >= 4 is 10.9 Å². The SMILES string of the molecule is NC[C@H]1CCCN[C@@H]1c1ccc2[nH]ccc2c1. The summed E-state index contributed by atoms with van der Waals surface area (Å²) in [7, 11) is 0. The van der Waals surface area contributed by atoms with E-state index in [1.807, 2.05) is 6.20 Å². The Labute approximate surface area is 101 Å². The third-order valence-electron chi connectivity index (χ3n) is 3.83. The highest BCUT2D eigenvalue weighted by molar-refractivity contribution is 5.80. The molecule has 4 N–H and O–H groups in total. The highest BCUT2D eigenvalue weighted by Gasteiger charge is 2.24. The molecular weight excluding hydrogens is 210 g/mol. The minimum Gasteiger partial charge on any atom is -0.361 e. The summed E-state index contributed by atoms with van der Waals surface area (Å²) in [6.45, 7) is 1.87. The summed E-state index contributed by atoms with van der Waals surface area (Å²) in [5.41, 5.74) is 8.45. The molecule has 3 nitrogen and oxygen atoms in total. The first kappa shape index (κ1) is 10.8. The van der Waals surface area contributed by atoms with Crippen LogP contribution in [0.5, 0.6) is 0 Å². The monoisotopic (exact) mass is 229 g/mol. The van der Waals surface area contributed by atoms with Crippen LogP contribution in [0.3, 0.4) is 0 Å². The summed E-state index contributed by atoms with van der Waals surface area (Å²) < 4.78 is 0. The Kier molecular flexibility index (Phi) is 2.87. The van der Waals surface area contributed by atoms with Crippen molar-refractivity contribution in [2.24, 2.45) is 11.7 Å². The molecule has 1 aromatic heterocycles. The standard InChI is InChI=1S/C14H19N3/c15-9-12-2-1-6-17-14(12)11-3-4-13-10(8-11)5-7-16-13/h3-5,7-8,12,14,16-17H,1-2,6,9,15H2/t12-,14-/m1/s1. The van der Waals surface area contributed by atoms with Crippen LogP contribution in [0.25, 0.3) is 10.9 Å². The second-order valence-corrected chi connectivity index (χ2v) is 4.89. The quantitative estimate of drug-likeness (QED) is 0.739. The third-order valence-corrected chi connectivity index (χ3v) is 3.83. The molecule has 2 heterocycles. The first-order chi connectivity index (χ1) is 8.38. The lowest BCUT2D eigenvalue weighted by atomic mass is 9.86. The molecule has 0 spiro atoms. The maximum Gasteiger partial charge on any atom is 0.0454 e. The average Bonchev–Trinajstić information content (AvgIpc) is 2.85. The fraction of sp³-hybridized carbons (Fsp3) is 0.429. The Morgan fingerprint density at radius 3 is 3.12 bits per heavy atom. The van der Waals surface area contributed by atoms with E-state index in [2.05, 4.69) is 34.6 Å². The number of nitrogens with one attached hydrogen (secondary N) is 2. The summed E-state index contributed by atoms with van der Waals surface area (Å²) in [5, 5.41) is 4.89. The van der Waals surface area contributed by atoms with E-state index in [1.54, 1.807) is 0 Å². The van der Waals surface area contributed by atoms with Crippen molar-refractivity contribution in [3.8, 4) is 0 Å². The van der Waals surface area contributed by atoms with Crippen molar-refractivity contribution in [2.45, 2.75) is 18.9 Å². The smallest absolute Gasteiger partial charge is 0.0454 e. The second kappa shape index (κ2) is 4.51. The maximum atomic E-state index is 5.88. The highest BCUT2D eigenvalue weighted by atomic mass is 14.9. The van der Waals surface area contributed by atoms with Gasteiger partial charge in [-0.2, -0.15) is 0 Å². The lowest BCUT2D eigenvalue weighted by molar-refractivity contribution is 0.291. The lowest BCUT2D eigenvalue weighted by Crippen LogP contribution is -2.37. The fourth-order valence-corrected chi connectivity index (χ4v) is 2.86.